The molecule has 33 heteroatoms. The second-order valence-electron chi connectivity index (χ2n) is 37.3. The van der Waals surface area contributed by atoms with Crippen LogP contribution in [0.4, 0.5) is 39.5 Å². The fourth-order valence-corrected chi connectivity index (χ4v) is 24.0. The molecule has 8 aromatic heterocycles. The van der Waals surface area contributed by atoms with Gasteiger partial charge in [-0.15, -0.1) is 0 Å². The molecule has 0 unspecified atom stereocenters. The van der Waals surface area contributed by atoms with E-state index in [1.165, 1.54) is 36.7 Å². The molecule has 7 fully saturated rings. The average molecular weight is 1810 g/mol. The fraction of sp³-hybridized carbons (Fsp3) is 0.495. The lowest BCUT2D eigenvalue weighted by Crippen LogP contribution is -2.56. The van der Waals surface area contributed by atoms with Gasteiger partial charge in [-0.05, 0) is 174 Å². The van der Waals surface area contributed by atoms with Gasteiger partial charge in [0.25, 0.3) is 5.56 Å². The summed E-state index contributed by atoms with van der Waals surface area (Å²) >= 11 is 0. The molecule has 23 nitrogen and oxygen atoms in total. The van der Waals surface area contributed by atoms with E-state index in [-0.39, 0.29) is 69.6 Å². The van der Waals surface area contributed by atoms with Gasteiger partial charge in [0.2, 0.25) is 5.88 Å². The minimum absolute atomic E-state index is 0.00418. The number of fused-ring (bicyclic) bond motifs is 12. The molecule has 130 heavy (non-hydrogen) atoms. The Morgan fingerprint density at radius 1 is 0.369 bits per heavy atom. The average Bonchev–Trinajstić information content (AvgIpc) is 1.21. The Kier molecular flexibility index (Phi) is 23.7. The van der Waals surface area contributed by atoms with E-state index in [9.17, 15) is 57.5 Å². The molecule has 11 heterocycles. The van der Waals surface area contributed by atoms with Crippen molar-refractivity contribution in [1.29, 1.82) is 0 Å². The predicted molar refractivity (Wildman–Crippen MR) is 460 cm³/mol. The molecule has 3 aliphatic heterocycles. The van der Waals surface area contributed by atoms with Crippen LogP contribution in [0, 0.1) is 47.3 Å². The number of halogens is 9. The quantitative estimate of drug-likeness (QED) is 0.0840. The number of Topliss-reactive ketones (excluding diaryl/α,β-unsaturated/α-hetero) is 1. The number of hydrogen-bond donors (Lipinski definition) is 1. The molecule has 0 radical (unpaired) electrons. The van der Waals surface area contributed by atoms with E-state index >= 15 is 0 Å². The Hall–Kier alpha value is -10.3. The third kappa shape index (κ3) is 16.1. The van der Waals surface area contributed by atoms with Gasteiger partial charge >= 0.3 is 28.0 Å². The van der Waals surface area contributed by atoms with Crippen molar-refractivity contribution in [1.82, 2.24) is 59.8 Å². The molecule has 3 spiro atoms. The molecule has 0 bridgehead atoms. The van der Waals surface area contributed by atoms with Crippen LogP contribution in [-0.2, 0) is 103 Å². The maximum atomic E-state index is 13.2. The molecule has 3 saturated heterocycles. The van der Waals surface area contributed by atoms with Gasteiger partial charge in [-0.25, -0.2) is 29.9 Å². The molecule has 4 saturated carbocycles. The van der Waals surface area contributed by atoms with E-state index in [2.05, 4.69) is 75.6 Å². The van der Waals surface area contributed by atoms with Crippen LogP contribution in [0.5, 0.6) is 5.88 Å². The Morgan fingerprint density at radius 2 is 0.692 bits per heavy atom. The van der Waals surface area contributed by atoms with Crippen molar-refractivity contribution >= 4 is 15.9 Å². The summed E-state index contributed by atoms with van der Waals surface area (Å²) in [4.78, 5) is 78.2. The number of benzene rings is 2. The first kappa shape index (κ1) is 90.3. The smallest absolute Gasteiger partial charge is 0.355 e. The number of alkyl halides is 9. The lowest BCUT2D eigenvalue weighted by Gasteiger charge is -2.54. The lowest BCUT2D eigenvalue weighted by molar-refractivity contribution is -0.235. The van der Waals surface area contributed by atoms with Crippen LogP contribution in [0.15, 0.2) is 151 Å². The number of aromatic nitrogens is 12. The molecule has 0 amide bonds. The highest BCUT2D eigenvalue weighted by Gasteiger charge is 2.62. The molecule has 8 aliphatic carbocycles. The standard InChI is InChI=1S/C28H28F3N3O2.C26H24F3N3O.C22H24F3N3O5S.C21H25N3O3/c1-17-22-8-7-21-23(18-3-5-20(6-4-18)28(29,30)31)33-25(19-9-13-32-14-10-19)34-24(21)26(22,2)11-12-27(17)35-15-16-36-27;1-15-20-8-7-19-22(16-3-5-18(6-4-16)26(27,28)29)31-24(17-10-13-30-14-11-17)32-23(19)25(20,2)12-9-21(15)33;1-13-16-4-3-15-17(20(16,2)7-8-21(13)31-11-12-32-21)27-18(14-5-9-26-10-6-14)28-19(15)33-34(29,30)22(23,24)25;1-13-16-4-3-15-17(20(16,2)7-8-21(13)26-11-12-27-21)23-18(24-19(15)25)14-5-9-22-10-6-14/h3-6,9-10,13-14,17,22H,7-8,11-12,15-16H2,1-2H3;3-6,10-11,13-15,20H,7-9,12H2,1-2H3;5-6,9-10,13,16H,3-4,7-8,11-12H2,1-2H3;5-6,9-10,13,16H,3-4,7-8,11-12H2,1-2H3,(H,23,24,25)/t17-,22-,26-;15-,20-,25-;2*13-,16-,20-/m1111/s1. The second-order valence-corrected chi connectivity index (χ2v) is 38.9. The van der Waals surface area contributed by atoms with Crippen molar-refractivity contribution in [3.8, 4) is 73.9 Å². The van der Waals surface area contributed by atoms with Gasteiger partial charge in [0.05, 0.1) is 84.9 Å². The Bertz CT molecular complexity index is 6080. The summed E-state index contributed by atoms with van der Waals surface area (Å²) in [5, 5.41) is 0. The summed E-state index contributed by atoms with van der Waals surface area (Å²) < 4.78 is 183. The van der Waals surface area contributed by atoms with Gasteiger partial charge < -0.3 is 37.6 Å². The predicted octanol–water partition coefficient (Wildman–Crippen LogP) is 18.8. The number of aromatic amines is 1. The van der Waals surface area contributed by atoms with E-state index in [1.807, 2.05) is 50.2 Å². The van der Waals surface area contributed by atoms with E-state index < -0.39 is 67.8 Å². The van der Waals surface area contributed by atoms with Gasteiger partial charge in [-0.1, -0.05) is 79.7 Å². The molecule has 684 valence electrons. The molecule has 11 aliphatic rings. The molecule has 21 rings (SSSR count). The molecule has 1 N–H and O–H groups in total. The maximum absolute atomic E-state index is 13.2. The molecular formula is C97H101F9N12O11S. The van der Waals surface area contributed by atoms with Crippen LogP contribution in [0.25, 0.3) is 68.1 Å². The van der Waals surface area contributed by atoms with E-state index in [4.69, 9.17) is 58.3 Å². The van der Waals surface area contributed by atoms with Crippen molar-refractivity contribution < 1.29 is 85.3 Å². The lowest BCUT2D eigenvalue weighted by atomic mass is 9.54. The first-order valence-corrected chi connectivity index (χ1v) is 46.0. The second kappa shape index (κ2) is 34.1. The number of rotatable bonds is 8. The fourth-order valence-electron chi connectivity index (χ4n) is 23.6. The van der Waals surface area contributed by atoms with Crippen LogP contribution < -0.4 is 9.74 Å². The number of carbonyl (C=O) groups excluding carboxylic acids is 1. The van der Waals surface area contributed by atoms with Gasteiger partial charge in [-0.2, -0.15) is 52.9 Å². The third-order valence-corrected chi connectivity index (χ3v) is 31.6. The van der Waals surface area contributed by atoms with E-state index in [1.54, 1.807) is 49.3 Å². The van der Waals surface area contributed by atoms with Gasteiger partial charge in [0, 0.05) is 176 Å². The molecule has 10 aromatic rings. The monoisotopic (exact) mass is 1810 g/mol. The van der Waals surface area contributed by atoms with Crippen LogP contribution in [0.2, 0.25) is 0 Å². The Morgan fingerprint density at radius 3 is 1.06 bits per heavy atom. The zero-order chi connectivity index (χ0) is 91.5. The maximum Gasteiger partial charge on any atom is 0.534 e. The van der Waals surface area contributed by atoms with Crippen molar-refractivity contribution in [2.75, 3.05) is 39.6 Å². The van der Waals surface area contributed by atoms with Crippen LogP contribution >= 0.6 is 0 Å². The minimum atomic E-state index is -5.90. The normalized spacial score (nSPS) is 27.7. The number of H-pyrrole nitrogens is 1. The van der Waals surface area contributed by atoms with Crippen molar-refractivity contribution in [3.63, 3.8) is 0 Å². The number of carbonyl (C=O) groups is 1. The largest absolute Gasteiger partial charge is 0.534 e. The highest BCUT2D eigenvalue weighted by atomic mass is 32.2. The number of nitrogens with zero attached hydrogens (tertiary/aromatic N) is 11. The highest BCUT2D eigenvalue weighted by Crippen LogP contribution is 2.62. The summed E-state index contributed by atoms with van der Waals surface area (Å²) in [6.45, 7) is 20.9. The van der Waals surface area contributed by atoms with Gasteiger partial charge in [-0.3, -0.25) is 29.5 Å². The highest BCUT2D eigenvalue weighted by molar-refractivity contribution is 7.88. The first-order chi connectivity index (χ1) is 61.9. The summed E-state index contributed by atoms with van der Waals surface area (Å²) in [5.74, 6) is 1.24. The number of ether oxygens (including phenoxy) is 6. The SMILES string of the molecule is C[C@@H]1[C@H]2CCc3c(-c4ccc(C(F)(F)F)cc4)nc(-c4ccncc4)nc3[C@]2(C)CCC12OCCO2.C[C@@H]1[C@H]2CCc3c(OS(=O)(=O)C(F)(F)F)nc(-c4ccncc4)nc3[C@]2(C)CCC12OCCO2.C[C@@H]1[C@H]2CCc3c(nc(-c4ccncc4)[nH]c3=O)[C@]2(C)CCC12OCCO2.C[C@H]1C(=O)CC[C@@]2(C)c3nc(-c4ccncc4)nc(-c4ccc(C(F)(F)F)cc4)c3CC[C@H]12. The van der Waals surface area contributed by atoms with E-state index in [0.29, 0.717) is 153 Å². The van der Waals surface area contributed by atoms with Crippen molar-refractivity contribution in [3.05, 3.63) is 213 Å². The zero-order valence-electron chi connectivity index (χ0n) is 73.3. The Balaban J connectivity index is 0.000000117. The van der Waals surface area contributed by atoms with Crippen LogP contribution in [-0.4, -0.2) is 137 Å². The van der Waals surface area contributed by atoms with Crippen molar-refractivity contribution in [2.24, 2.45) is 47.3 Å². The third-order valence-electron chi connectivity index (χ3n) is 30.7. The zero-order valence-corrected chi connectivity index (χ0v) is 74.1. The molecular weight excluding hydrogens is 1710 g/mol. The van der Waals surface area contributed by atoms with Gasteiger partial charge in [0.1, 0.15) is 11.6 Å². The van der Waals surface area contributed by atoms with Crippen LogP contribution in [0.3, 0.4) is 0 Å². The number of pyridine rings is 4. The topological polar surface area (TPSA) is 290 Å². The van der Waals surface area contributed by atoms with E-state index in [0.717, 1.165) is 133 Å². The summed E-state index contributed by atoms with van der Waals surface area (Å²) in [6.07, 6.45) is 16.0. The number of hydrogen-bond acceptors (Lipinski definition) is 22. The minimum Gasteiger partial charge on any atom is -0.355 e. The molecule has 12 atom stereocenters. The van der Waals surface area contributed by atoms with Crippen molar-refractivity contribution in [2.45, 2.75) is 215 Å². The first-order valence-electron chi connectivity index (χ1n) is 44.6. The summed E-state index contributed by atoms with van der Waals surface area (Å²) in [6, 6.07) is 24.8. The number of nitrogens with one attached hydrogen (secondary N) is 1. The summed E-state index contributed by atoms with van der Waals surface area (Å²) in [7, 11) is -5.90. The Labute approximate surface area is 746 Å². The number of ketones is 1. The molecule has 2 aromatic carbocycles. The summed E-state index contributed by atoms with van der Waals surface area (Å²) in [5.41, 5.74) is 4.10. The van der Waals surface area contributed by atoms with Crippen LogP contribution in [0.1, 0.15) is 189 Å². The van der Waals surface area contributed by atoms with Gasteiger partial charge in [0.15, 0.2) is 34.8 Å².